The Morgan fingerprint density at radius 2 is 2.38 bits per heavy atom. The average molecular weight is 220 g/mol. The Labute approximate surface area is 91.9 Å². The lowest BCUT2D eigenvalue weighted by atomic mass is 10.2. The first-order chi connectivity index (χ1) is 7.88. The van der Waals surface area contributed by atoms with Crippen molar-refractivity contribution in [2.24, 2.45) is 0 Å². The van der Waals surface area contributed by atoms with Crippen molar-refractivity contribution in [2.45, 2.75) is 25.2 Å². The summed E-state index contributed by atoms with van der Waals surface area (Å²) in [6, 6.07) is 0. The van der Waals surface area contributed by atoms with E-state index in [-0.39, 0.29) is 18.9 Å². The Balaban J connectivity index is 1.95. The van der Waals surface area contributed by atoms with E-state index in [0.717, 1.165) is 24.0 Å². The van der Waals surface area contributed by atoms with E-state index < -0.39 is 0 Å². The van der Waals surface area contributed by atoms with Gasteiger partial charge in [-0.3, -0.25) is 4.57 Å². The lowest BCUT2D eigenvalue weighted by Gasteiger charge is -2.13. The molecular formula is C10H12N4O2. The number of aliphatic hydroxyl groups is 1. The Morgan fingerprint density at radius 1 is 1.44 bits per heavy atom. The molecule has 1 unspecified atom stereocenters. The zero-order chi connectivity index (χ0) is 11.0. The van der Waals surface area contributed by atoms with E-state index in [2.05, 4.69) is 15.0 Å². The van der Waals surface area contributed by atoms with E-state index in [1.165, 1.54) is 6.33 Å². The molecule has 0 aliphatic carbocycles. The monoisotopic (exact) mass is 220 g/mol. The minimum Gasteiger partial charge on any atom is -0.394 e. The maximum Gasteiger partial charge on any atom is 0.165 e. The Morgan fingerprint density at radius 3 is 3.19 bits per heavy atom. The molecule has 1 N–H and O–H groups in total. The summed E-state index contributed by atoms with van der Waals surface area (Å²) in [5, 5.41) is 9.02. The van der Waals surface area contributed by atoms with Gasteiger partial charge in [-0.1, -0.05) is 0 Å². The van der Waals surface area contributed by atoms with Crippen molar-refractivity contribution in [1.82, 2.24) is 19.5 Å². The third-order valence-electron chi connectivity index (χ3n) is 2.84. The molecule has 2 aromatic rings. The highest BCUT2D eigenvalue weighted by molar-refractivity contribution is 5.68. The molecule has 2 aromatic heterocycles. The number of fused-ring (bicyclic) bond motifs is 1. The maximum atomic E-state index is 9.02. The van der Waals surface area contributed by atoms with Gasteiger partial charge in [-0.25, -0.2) is 15.0 Å². The lowest BCUT2D eigenvalue weighted by Crippen LogP contribution is -2.14. The van der Waals surface area contributed by atoms with Gasteiger partial charge >= 0.3 is 0 Å². The fourth-order valence-electron chi connectivity index (χ4n) is 2.02. The largest absolute Gasteiger partial charge is 0.394 e. The van der Waals surface area contributed by atoms with Crippen LogP contribution in [0.1, 0.15) is 19.1 Å². The number of ether oxygens (including phenoxy) is 1. The van der Waals surface area contributed by atoms with Crippen LogP contribution in [0.25, 0.3) is 11.2 Å². The van der Waals surface area contributed by atoms with Crippen LogP contribution in [0.3, 0.4) is 0 Å². The summed E-state index contributed by atoms with van der Waals surface area (Å²) in [4.78, 5) is 12.3. The van der Waals surface area contributed by atoms with Crippen LogP contribution in [0.5, 0.6) is 0 Å². The summed E-state index contributed by atoms with van der Waals surface area (Å²) in [7, 11) is 0. The molecule has 0 spiro atoms. The van der Waals surface area contributed by atoms with Gasteiger partial charge in [-0.2, -0.15) is 0 Å². The number of aromatic nitrogens is 4. The van der Waals surface area contributed by atoms with Gasteiger partial charge in [0.1, 0.15) is 18.1 Å². The Bertz CT molecular complexity index is 498. The van der Waals surface area contributed by atoms with E-state index in [9.17, 15) is 0 Å². The van der Waals surface area contributed by atoms with Crippen LogP contribution >= 0.6 is 0 Å². The van der Waals surface area contributed by atoms with E-state index in [1.807, 2.05) is 4.57 Å². The van der Waals surface area contributed by atoms with Gasteiger partial charge in [0, 0.05) is 0 Å². The van der Waals surface area contributed by atoms with E-state index in [1.54, 1.807) is 12.5 Å². The van der Waals surface area contributed by atoms with Gasteiger partial charge in [-0.05, 0) is 12.8 Å². The number of nitrogens with zero attached hydrogens (tertiary/aromatic N) is 4. The van der Waals surface area contributed by atoms with Gasteiger partial charge in [0.25, 0.3) is 0 Å². The molecule has 0 aromatic carbocycles. The fourth-order valence-corrected chi connectivity index (χ4v) is 2.02. The van der Waals surface area contributed by atoms with Crippen molar-refractivity contribution in [3.63, 3.8) is 0 Å². The van der Waals surface area contributed by atoms with Crippen LogP contribution in [0, 0.1) is 0 Å². The molecule has 6 nitrogen and oxygen atoms in total. The molecule has 3 rings (SSSR count). The third kappa shape index (κ3) is 1.46. The van der Waals surface area contributed by atoms with Crippen LogP contribution < -0.4 is 0 Å². The van der Waals surface area contributed by atoms with E-state index in [0.29, 0.717) is 0 Å². The highest BCUT2D eigenvalue weighted by Crippen LogP contribution is 2.29. The zero-order valence-electron chi connectivity index (χ0n) is 8.65. The van der Waals surface area contributed by atoms with Gasteiger partial charge < -0.3 is 9.84 Å². The van der Waals surface area contributed by atoms with Crippen molar-refractivity contribution in [3.05, 3.63) is 18.9 Å². The predicted molar refractivity (Wildman–Crippen MR) is 55.6 cm³/mol. The van der Waals surface area contributed by atoms with Crippen molar-refractivity contribution in [2.75, 3.05) is 6.61 Å². The smallest absolute Gasteiger partial charge is 0.165 e. The molecule has 0 saturated carbocycles. The molecule has 1 fully saturated rings. The van der Waals surface area contributed by atoms with Crippen molar-refractivity contribution < 1.29 is 9.84 Å². The second-order valence-corrected chi connectivity index (χ2v) is 3.86. The van der Waals surface area contributed by atoms with Crippen molar-refractivity contribution in [1.29, 1.82) is 0 Å². The number of hydrogen-bond donors (Lipinski definition) is 1. The molecule has 1 saturated heterocycles. The molecule has 0 radical (unpaired) electrons. The summed E-state index contributed by atoms with van der Waals surface area (Å²) < 4.78 is 7.57. The number of hydrogen-bond acceptors (Lipinski definition) is 5. The highest BCUT2D eigenvalue weighted by Gasteiger charge is 2.27. The van der Waals surface area contributed by atoms with Crippen LogP contribution in [-0.2, 0) is 4.74 Å². The molecule has 84 valence electrons. The average Bonchev–Trinajstić information content (AvgIpc) is 2.94. The minimum atomic E-state index is -0.0722. The number of aliphatic hydroxyl groups excluding tert-OH is 1. The molecule has 1 aliphatic rings. The minimum absolute atomic E-state index is 0.0655. The van der Waals surface area contributed by atoms with Gasteiger partial charge in [0.15, 0.2) is 5.65 Å². The van der Waals surface area contributed by atoms with E-state index >= 15 is 0 Å². The Hall–Kier alpha value is -1.53. The first-order valence-corrected chi connectivity index (χ1v) is 5.27. The summed E-state index contributed by atoms with van der Waals surface area (Å²) in [6.07, 6.45) is 6.49. The van der Waals surface area contributed by atoms with Gasteiger partial charge in [0.2, 0.25) is 0 Å². The first-order valence-electron chi connectivity index (χ1n) is 5.27. The second kappa shape index (κ2) is 3.80. The second-order valence-electron chi connectivity index (χ2n) is 3.86. The summed E-state index contributed by atoms with van der Waals surface area (Å²) in [5.74, 6) is 0. The molecule has 0 bridgehead atoms. The van der Waals surface area contributed by atoms with Crippen LogP contribution in [0.2, 0.25) is 0 Å². The molecule has 6 heteroatoms. The summed E-state index contributed by atoms with van der Waals surface area (Å²) in [5.41, 5.74) is 1.54. The lowest BCUT2D eigenvalue weighted by molar-refractivity contribution is -0.0207. The normalized spacial score (nSPS) is 25.3. The van der Waals surface area contributed by atoms with Crippen molar-refractivity contribution in [3.8, 4) is 0 Å². The molecule has 2 atom stereocenters. The van der Waals surface area contributed by atoms with Gasteiger partial charge in [0.05, 0.1) is 25.2 Å². The van der Waals surface area contributed by atoms with Crippen molar-refractivity contribution >= 4 is 11.2 Å². The van der Waals surface area contributed by atoms with Gasteiger partial charge in [-0.15, -0.1) is 0 Å². The molecule has 16 heavy (non-hydrogen) atoms. The number of rotatable bonds is 2. The first kappa shape index (κ1) is 9.68. The number of imidazole rings is 1. The molecule has 1 aliphatic heterocycles. The standard InChI is InChI=1S/C10H12N4O2/c15-4-7-1-2-9(16-7)14-6-13-8-3-11-5-12-10(8)14/h3,5-7,9,15H,1-2,4H2/t7-,9?/m0/s1. The van der Waals surface area contributed by atoms with Crippen LogP contribution in [0.15, 0.2) is 18.9 Å². The fraction of sp³-hybridized carbons (Fsp3) is 0.500. The highest BCUT2D eigenvalue weighted by atomic mass is 16.5. The summed E-state index contributed by atoms with van der Waals surface area (Å²) in [6.45, 7) is 0.0676. The Kier molecular flexibility index (Phi) is 2.30. The zero-order valence-corrected chi connectivity index (χ0v) is 8.65. The predicted octanol–water partition coefficient (Wildman–Crippen LogP) is 0.496. The molecular weight excluding hydrogens is 208 g/mol. The maximum absolute atomic E-state index is 9.02. The molecule has 3 heterocycles. The summed E-state index contributed by atoms with van der Waals surface area (Å²) >= 11 is 0. The third-order valence-corrected chi connectivity index (χ3v) is 2.84. The van der Waals surface area contributed by atoms with Crippen LogP contribution in [0.4, 0.5) is 0 Å². The van der Waals surface area contributed by atoms with E-state index in [4.69, 9.17) is 9.84 Å². The molecule has 0 amide bonds. The van der Waals surface area contributed by atoms with Crippen LogP contribution in [-0.4, -0.2) is 37.3 Å². The SMILES string of the molecule is OC[C@@H]1CCC(n2cnc3cncnc32)O1. The quantitative estimate of drug-likeness (QED) is 0.797. The topological polar surface area (TPSA) is 73.1 Å².